The molecule has 1 N–H and O–H groups in total. The molecule has 0 aromatic heterocycles. The number of hydrogen-bond acceptors (Lipinski definition) is 5. The van der Waals surface area contributed by atoms with Crippen LogP contribution in [0.2, 0.25) is 0 Å². The van der Waals surface area contributed by atoms with Crippen molar-refractivity contribution in [3.63, 3.8) is 0 Å². The maximum atomic E-state index is 13.2. The largest absolute Gasteiger partial charge is 0.376 e. The summed E-state index contributed by atoms with van der Waals surface area (Å²) in [5.41, 5.74) is 2.68. The Morgan fingerprint density at radius 3 is 2.85 bits per heavy atom. The van der Waals surface area contributed by atoms with Crippen molar-refractivity contribution in [2.75, 3.05) is 18.5 Å². The van der Waals surface area contributed by atoms with Gasteiger partial charge in [-0.1, -0.05) is 24.3 Å². The monoisotopic (exact) mass is 367 g/mol. The number of benzene rings is 2. The fourth-order valence-corrected chi connectivity index (χ4v) is 3.75. The molecule has 0 aliphatic carbocycles. The molecule has 27 heavy (non-hydrogen) atoms. The predicted molar refractivity (Wildman–Crippen MR) is 101 cm³/mol. The molecule has 0 saturated carbocycles. The van der Waals surface area contributed by atoms with Crippen LogP contribution in [0.1, 0.15) is 40.5 Å². The topological polar surface area (TPSA) is 84.7 Å². The van der Waals surface area contributed by atoms with Crippen molar-refractivity contribution in [2.24, 2.45) is 0 Å². The van der Waals surface area contributed by atoms with Crippen LogP contribution >= 0.6 is 0 Å². The van der Waals surface area contributed by atoms with Gasteiger partial charge in [0.1, 0.15) is 6.17 Å². The van der Waals surface area contributed by atoms with E-state index in [4.69, 9.17) is 4.74 Å². The number of fused-ring (bicyclic) bond motifs is 1. The van der Waals surface area contributed by atoms with E-state index in [1.807, 2.05) is 24.3 Å². The number of amides is 1. The first-order chi connectivity index (χ1) is 13.0. The Kier molecular flexibility index (Phi) is 4.53. The van der Waals surface area contributed by atoms with Gasteiger partial charge in [-0.25, -0.2) is 0 Å². The summed E-state index contributed by atoms with van der Waals surface area (Å²) in [6, 6.07) is 12.5. The Morgan fingerprint density at radius 1 is 1.30 bits per heavy atom. The van der Waals surface area contributed by atoms with E-state index in [9.17, 15) is 14.9 Å². The number of rotatable bonds is 4. The zero-order valence-electron chi connectivity index (χ0n) is 15.1. The number of carbonyl (C=O) groups is 1. The fourth-order valence-electron chi connectivity index (χ4n) is 3.75. The summed E-state index contributed by atoms with van der Waals surface area (Å²) in [5.74, 6) is -0.0897. The first kappa shape index (κ1) is 17.5. The van der Waals surface area contributed by atoms with Gasteiger partial charge in [-0.15, -0.1) is 0 Å². The highest BCUT2D eigenvalue weighted by molar-refractivity contribution is 6.01. The van der Waals surface area contributed by atoms with Crippen molar-refractivity contribution in [3.8, 4) is 0 Å². The molecule has 140 valence electrons. The van der Waals surface area contributed by atoms with E-state index in [0.29, 0.717) is 29.8 Å². The van der Waals surface area contributed by atoms with Crippen LogP contribution in [0.4, 0.5) is 11.4 Å². The lowest BCUT2D eigenvalue weighted by molar-refractivity contribution is -0.385. The summed E-state index contributed by atoms with van der Waals surface area (Å²) in [4.78, 5) is 25.9. The van der Waals surface area contributed by atoms with Gasteiger partial charge in [-0.2, -0.15) is 0 Å². The van der Waals surface area contributed by atoms with Gasteiger partial charge in [-0.05, 0) is 31.9 Å². The SMILES string of the molecule is Cc1ccc([C@@H]2Nc3ccccc3C(=O)N2C[C@@H]2CCCO2)cc1[N+](=O)[O-]. The summed E-state index contributed by atoms with van der Waals surface area (Å²) in [6.07, 6.45) is 1.41. The molecule has 0 bridgehead atoms. The lowest BCUT2D eigenvalue weighted by Gasteiger charge is -2.39. The minimum Gasteiger partial charge on any atom is -0.376 e. The van der Waals surface area contributed by atoms with Crippen molar-refractivity contribution in [1.82, 2.24) is 4.90 Å². The second-order valence-corrected chi connectivity index (χ2v) is 6.99. The Morgan fingerprint density at radius 2 is 2.11 bits per heavy atom. The summed E-state index contributed by atoms with van der Waals surface area (Å²) < 4.78 is 5.73. The average molecular weight is 367 g/mol. The summed E-state index contributed by atoms with van der Waals surface area (Å²) in [7, 11) is 0. The maximum absolute atomic E-state index is 13.2. The summed E-state index contributed by atoms with van der Waals surface area (Å²) in [6.45, 7) is 2.87. The fraction of sp³-hybridized carbons (Fsp3) is 0.350. The number of nitro groups is 1. The second kappa shape index (κ2) is 7.00. The number of anilines is 1. The highest BCUT2D eigenvalue weighted by Crippen LogP contribution is 2.35. The van der Waals surface area contributed by atoms with E-state index in [2.05, 4.69) is 5.32 Å². The predicted octanol–water partition coefficient (Wildman–Crippen LogP) is 3.65. The smallest absolute Gasteiger partial charge is 0.272 e. The van der Waals surface area contributed by atoms with Crippen LogP contribution in [0.5, 0.6) is 0 Å². The molecule has 2 aliphatic heterocycles. The van der Waals surface area contributed by atoms with Crippen LogP contribution in [0.15, 0.2) is 42.5 Å². The van der Waals surface area contributed by atoms with Crippen molar-refractivity contribution in [2.45, 2.75) is 32.0 Å². The van der Waals surface area contributed by atoms with E-state index < -0.39 is 6.17 Å². The highest BCUT2D eigenvalue weighted by atomic mass is 16.6. The minimum absolute atomic E-state index is 0.0102. The molecular formula is C20H21N3O4. The van der Waals surface area contributed by atoms with Crippen LogP contribution in [-0.2, 0) is 4.74 Å². The third-order valence-electron chi connectivity index (χ3n) is 5.19. The molecular weight excluding hydrogens is 346 g/mol. The van der Waals surface area contributed by atoms with E-state index in [-0.39, 0.29) is 22.6 Å². The maximum Gasteiger partial charge on any atom is 0.272 e. The molecule has 7 nitrogen and oxygen atoms in total. The lowest BCUT2D eigenvalue weighted by atomic mass is 10.0. The number of hydrogen-bond donors (Lipinski definition) is 1. The minimum atomic E-state index is -0.476. The van der Waals surface area contributed by atoms with Gasteiger partial charge in [0.05, 0.1) is 16.6 Å². The Bertz CT molecular complexity index is 893. The molecule has 7 heteroatoms. The summed E-state index contributed by atoms with van der Waals surface area (Å²) >= 11 is 0. The first-order valence-corrected chi connectivity index (χ1v) is 9.07. The van der Waals surface area contributed by atoms with Gasteiger partial charge < -0.3 is 15.0 Å². The molecule has 4 rings (SSSR count). The number of nitro benzene ring substituents is 1. The van der Waals surface area contributed by atoms with Crippen molar-refractivity contribution >= 4 is 17.3 Å². The van der Waals surface area contributed by atoms with Gasteiger partial charge in [0.15, 0.2) is 0 Å². The number of carbonyl (C=O) groups excluding carboxylic acids is 1. The van der Waals surface area contributed by atoms with Gasteiger partial charge in [0, 0.05) is 36.0 Å². The van der Waals surface area contributed by atoms with Crippen LogP contribution in [0.25, 0.3) is 0 Å². The Labute approximate surface area is 157 Å². The van der Waals surface area contributed by atoms with E-state index >= 15 is 0 Å². The normalized spacial score (nSPS) is 21.7. The van der Waals surface area contributed by atoms with Crippen molar-refractivity contribution in [3.05, 3.63) is 69.3 Å². The molecule has 0 radical (unpaired) electrons. The van der Waals surface area contributed by atoms with Crippen molar-refractivity contribution in [1.29, 1.82) is 0 Å². The third-order valence-corrected chi connectivity index (χ3v) is 5.19. The molecule has 0 spiro atoms. The Hall–Kier alpha value is -2.93. The average Bonchev–Trinajstić information content (AvgIpc) is 3.17. The molecule has 2 aromatic rings. The van der Waals surface area contributed by atoms with Crippen LogP contribution in [0, 0.1) is 17.0 Å². The number of nitrogens with zero attached hydrogens (tertiary/aromatic N) is 2. The van der Waals surface area contributed by atoms with Gasteiger partial charge in [-0.3, -0.25) is 14.9 Å². The number of para-hydroxylation sites is 1. The molecule has 2 aliphatic rings. The van der Waals surface area contributed by atoms with E-state index in [1.54, 1.807) is 30.0 Å². The number of nitrogens with one attached hydrogen (secondary N) is 1. The van der Waals surface area contributed by atoms with E-state index in [0.717, 1.165) is 18.5 Å². The van der Waals surface area contributed by atoms with Gasteiger partial charge >= 0.3 is 0 Å². The molecule has 1 amide bonds. The molecule has 1 fully saturated rings. The highest BCUT2D eigenvalue weighted by Gasteiger charge is 2.35. The van der Waals surface area contributed by atoms with Crippen LogP contribution in [0.3, 0.4) is 0 Å². The quantitative estimate of drug-likeness (QED) is 0.659. The lowest BCUT2D eigenvalue weighted by Crippen LogP contribution is -2.46. The number of aryl methyl sites for hydroxylation is 1. The zero-order chi connectivity index (χ0) is 19.0. The van der Waals surface area contributed by atoms with Crippen molar-refractivity contribution < 1.29 is 14.5 Å². The van der Waals surface area contributed by atoms with Gasteiger partial charge in [0.25, 0.3) is 11.6 Å². The summed E-state index contributed by atoms with van der Waals surface area (Å²) in [5, 5.41) is 14.7. The van der Waals surface area contributed by atoms with Crippen LogP contribution < -0.4 is 5.32 Å². The molecule has 0 unspecified atom stereocenters. The standard InChI is InChI=1S/C20H21N3O4/c1-13-8-9-14(11-18(13)23(25)26)19-21-17-7-3-2-6-16(17)20(24)22(19)12-15-5-4-10-27-15/h2-3,6-9,11,15,19,21H,4-5,10,12H2,1H3/t15-,19+/m0/s1. The van der Waals surface area contributed by atoms with E-state index in [1.165, 1.54) is 0 Å². The molecule has 2 heterocycles. The molecule has 2 atom stereocenters. The molecule has 1 saturated heterocycles. The molecule has 2 aromatic carbocycles. The second-order valence-electron chi connectivity index (χ2n) is 6.99. The first-order valence-electron chi connectivity index (χ1n) is 9.07. The third kappa shape index (κ3) is 3.26. The number of ether oxygens (including phenoxy) is 1. The zero-order valence-corrected chi connectivity index (χ0v) is 15.1. The van der Waals surface area contributed by atoms with Gasteiger partial charge in [0.2, 0.25) is 0 Å². The van der Waals surface area contributed by atoms with Crippen LogP contribution in [-0.4, -0.2) is 35.0 Å². The Balaban J connectivity index is 1.74.